The van der Waals surface area contributed by atoms with Crippen LogP contribution in [0.25, 0.3) is 0 Å². The third-order valence-electron chi connectivity index (χ3n) is 2.28. The third kappa shape index (κ3) is 3.72. The van der Waals surface area contributed by atoms with E-state index >= 15 is 0 Å². The summed E-state index contributed by atoms with van der Waals surface area (Å²) in [4.78, 5) is 11.8. The number of benzene rings is 1. The van der Waals surface area contributed by atoms with E-state index in [0.29, 0.717) is 11.3 Å². The van der Waals surface area contributed by atoms with Crippen LogP contribution in [0.15, 0.2) is 30.6 Å². The summed E-state index contributed by atoms with van der Waals surface area (Å²) in [5.41, 5.74) is 1.06. The first-order chi connectivity index (χ1) is 9.35. The predicted molar refractivity (Wildman–Crippen MR) is 76.5 cm³/mol. The maximum Gasteiger partial charge on any atom is 0.258 e. The van der Waals surface area contributed by atoms with Crippen LogP contribution in [0.2, 0.25) is 5.02 Å². The molecule has 20 heavy (non-hydrogen) atoms. The lowest BCUT2D eigenvalue weighted by Gasteiger charge is -2.09. The van der Waals surface area contributed by atoms with Crippen molar-refractivity contribution in [3.8, 4) is 0 Å². The second-order valence-electron chi connectivity index (χ2n) is 4.01. The molecule has 2 aromatic rings. The highest BCUT2D eigenvalue weighted by Gasteiger charge is 2.10. The Balaban J connectivity index is 2.15. The fourth-order valence-electron chi connectivity index (χ4n) is 1.45. The molecule has 0 atom stereocenters. The van der Waals surface area contributed by atoms with Crippen LogP contribution in [0.3, 0.4) is 0 Å². The monoisotopic (exact) mass is 314 g/mol. The van der Waals surface area contributed by atoms with Crippen LogP contribution in [-0.4, -0.2) is 30.8 Å². The molecule has 0 unspecified atom stereocenters. The van der Waals surface area contributed by atoms with E-state index in [9.17, 15) is 13.2 Å². The summed E-state index contributed by atoms with van der Waals surface area (Å²) in [6.07, 6.45) is 3.87. The van der Waals surface area contributed by atoms with Crippen molar-refractivity contribution in [1.82, 2.24) is 10.2 Å². The van der Waals surface area contributed by atoms with Gasteiger partial charge >= 0.3 is 0 Å². The van der Waals surface area contributed by atoms with Crippen LogP contribution < -0.4 is 10.0 Å². The number of rotatable bonds is 4. The van der Waals surface area contributed by atoms with Crippen molar-refractivity contribution in [1.29, 1.82) is 0 Å². The smallest absolute Gasteiger partial charge is 0.258 e. The number of carbonyl (C=O) groups excluding carboxylic acids is 1. The minimum Gasteiger partial charge on any atom is -0.322 e. The summed E-state index contributed by atoms with van der Waals surface area (Å²) >= 11 is 5.95. The number of nitrogens with one attached hydrogen (secondary N) is 3. The normalized spacial score (nSPS) is 11.1. The topological polar surface area (TPSA) is 104 Å². The molecule has 1 amide bonds. The zero-order valence-electron chi connectivity index (χ0n) is 10.3. The van der Waals surface area contributed by atoms with Gasteiger partial charge in [-0.05, 0) is 18.2 Å². The van der Waals surface area contributed by atoms with Crippen molar-refractivity contribution in [3.05, 3.63) is 41.2 Å². The van der Waals surface area contributed by atoms with Crippen LogP contribution in [0.5, 0.6) is 0 Å². The van der Waals surface area contributed by atoms with E-state index in [2.05, 4.69) is 20.2 Å². The zero-order chi connectivity index (χ0) is 14.8. The van der Waals surface area contributed by atoms with Crippen LogP contribution >= 0.6 is 11.6 Å². The lowest BCUT2D eigenvalue weighted by Crippen LogP contribution is -2.12. The fraction of sp³-hybridized carbons (Fsp3) is 0.0909. The Kier molecular flexibility index (Phi) is 3.96. The first kappa shape index (κ1) is 14.4. The molecule has 0 aliphatic carbocycles. The highest BCUT2D eigenvalue weighted by molar-refractivity contribution is 7.92. The Bertz CT molecular complexity index is 728. The predicted octanol–water partition coefficient (Wildman–Crippen LogP) is 1.69. The van der Waals surface area contributed by atoms with Gasteiger partial charge in [0.15, 0.2) is 0 Å². The van der Waals surface area contributed by atoms with Gasteiger partial charge in [-0.3, -0.25) is 14.6 Å². The molecule has 0 saturated carbocycles. The Labute approximate surface area is 120 Å². The van der Waals surface area contributed by atoms with Gasteiger partial charge in [-0.2, -0.15) is 5.10 Å². The Morgan fingerprint density at radius 1 is 1.40 bits per heavy atom. The molecular weight excluding hydrogens is 304 g/mol. The van der Waals surface area contributed by atoms with Crippen molar-refractivity contribution < 1.29 is 13.2 Å². The van der Waals surface area contributed by atoms with Crippen molar-refractivity contribution in [3.63, 3.8) is 0 Å². The summed E-state index contributed by atoms with van der Waals surface area (Å²) in [5, 5.41) is 8.99. The molecule has 1 aromatic carbocycles. The number of hydrogen-bond donors (Lipinski definition) is 3. The third-order valence-corrected chi connectivity index (χ3v) is 3.19. The number of hydrogen-bond acceptors (Lipinski definition) is 4. The lowest BCUT2D eigenvalue weighted by molar-refractivity contribution is 0.102. The molecule has 0 radical (unpaired) electrons. The molecule has 7 nitrogen and oxygen atoms in total. The van der Waals surface area contributed by atoms with E-state index in [0.717, 1.165) is 6.26 Å². The molecular formula is C11H11ClN4O3S. The van der Waals surface area contributed by atoms with Gasteiger partial charge < -0.3 is 5.32 Å². The molecule has 0 saturated heterocycles. The van der Waals surface area contributed by atoms with E-state index in [1.807, 2.05) is 0 Å². The molecule has 0 bridgehead atoms. The molecule has 0 fully saturated rings. The highest BCUT2D eigenvalue weighted by atomic mass is 35.5. The van der Waals surface area contributed by atoms with Crippen molar-refractivity contribution in [2.75, 3.05) is 16.3 Å². The molecule has 2 rings (SSSR count). The van der Waals surface area contributed by atoms with E-state index in [4.69, 9.17) is 11.6 Å². The minimum absolute atomic E-state index is 0.181. The summed E-state index contributed by atoms with van der Waals surface area (Å²) < 4.78 is 24.5. The Morgan fingerprint density at radius 3 is 2.70 bits per heavy atom. The maximum atomic E-state index is 11.8. The number of amides is 1. The number of sulfonamides is 1. The number of H-pyrrole nitrogens is 1. The van der Waals surface area contributed by atoms with Gasteiger partial charge in [0.1, 0.15) is 0 Å². The first-order valence-corrected chi connectivity index (χ1v) is 7.69. The summed E-state index contributed by atoms with van der Waals surface area (Å²) in [6.45, 7) is 0. The number of nitrogens with zero attached hydrogens (tertiary/aromatic N) is 1. The summed E-state index contributed by atoms with van der Waals surface area (Å²) in [5.74, 6) is -0.348. The standard InChI is InChI=1S/C11H11ClN4O3S/c1-20(18,19)16-10-3-2-8(4-9(10)12)15-11(17)7-5-13-14-6-7/h2-6,16H,1H3,(H,13,14)(H,15,17). The number of aromatic nitrogens is 2. The van der Waals surface area contributed by atoms with Crippen LogP contribution in [-0.2, 0) is 10.0 Å². The second kappa shape index (κ2) is 5.51. The largest absolute Gasteiger partial charge is 0.322 e. The van der Waals surface area contributed by atoms with Gasteiger partial charge in [-0.25, -0.2) is 8.42 Å². The lowest BCUT2D eigenvalue weighted by atomic mass is 10.2. The van der Waals surface area contributed by atoms with E-state index in [-0.39, 0.29) is 16.6 Å². The van der Waals surface area contributed by atoms with Gasteiger partial charge in [0.2, 0.25) is 10.0 Å². The number of carbonyl (C=O) groups is 1. The molecule has 1 aromatic heterocycles. The molecule has 3 N–H and O–H groups in total. The Morgan fingerprint density at radius 2 is 2.15 bits per heavy atom. The number of anilines is 2. The van der Waals surface area contributed by atoms with Crippen LogP contribution in [0, 0.1) is 0 Å². The van der Waals surface area contributed by atoms with Crippen molar-refractivity contribution in [2.45, 2.75) is 0 Å². The van der Waals surface area contributed by atoms with Crippen LogP contribution in [0.4, 0.5) is 11.4 Å². The van der Waals surface area contributed by atoms with Crippen LogP contribution in [0.1, 0.15) is 10.4 Å². The van der Waals surface area contributed by atoms with Crippen molar-refractivity contribution in [2.24, 2.45) is 0 Å². The average Bonchev–Trinajstić information content (AvgIpc) is 2.85. The maximum absolute atomic E-state index is 11.8. The van der Waals surface area contributed by atoms with E-state index in [1.54, 1.807) is 0 Å². The average molecular weight is 315 g/mol. The van der Waals surface area contributed by atoms with Gasteiger partial charge in [0, 0.05) is 11.9 Å². The van der Waals surface area contributed by atoms with Gasteiger partial charge in [0.05, 0.1) is 28.7 Å². The number of halogens is 1. The van der Waals surface area contributed by atoms with E-state index < -0.39 is 10.0 Å². The minimum atomic E-state index is -3.41. The second-order valence-corrected chi connectivity index (χ2v) is 6.17. The molecule has 0 spiro atoms. The quantitative estimate of drug-likeness (QED) is 0.798. The van der Waals surface area contributed by atoms with Gasteiger partial charge in [-0.1, -0.05) is 11.6 Å². The van der Waals surface area contributed by atoms with E-state index in [1.165, 1.54) is 30.6 Å². The SMILES string of the molecule is CS(=O)(=O)Nc1ccc(NC(=O)c2cn[nH]c2)cc1Cl. The van der Waals surface area contributed by atoms with Gasteiger partial charge in [-0.15, -0.1) is 0 Å². The molecule has 106 valence electrons. The molecule has 0 aliphatic rings. The first-order valence-electron chi connectivity index (χ1n) is 5.42. The van der Waals surface area contributed by atoms with Crippen molar-refractivity contribution >= 4 is 38.9 Å². The number of aromatic amines is 1. The summed E-state index contributed by atoms with van der Waals surface area (Å²) in [6, 6.07) is 4.46. The summed E-state index contributed by atoms with van der Waals surface area (Å²) in [7, 11) is -3.41. The van der Waals surface area contributed by atoms with Gasteiger partial charge in [0.25, 0.3) is 5.91 Å². The zero-order valence-corrected chi connectivity index (χ0v) is 11.9. The molecule has 1 heterocycles. The molecule has 9 heteroatoms. The fourth-order valence-corrected chi connectivity index (χ4v) is 2.31. The highest BCUT2D eigenvalue weighted by Crippen LogP contribution is 2.26. The molecule has 0 aliphatic heterocycles. The Hall–Kier alpha value is -2.06.